The number of rotatable bonds is 6. The molecule has 27 heavy (non-hydrogen) atoms. The standard InChI is InChI=1S/C17H25N3O6S/c1-10(2)20(11(3)4)17(22)16(21)18-14-7-12(5)15(13(6)8-14)27(25,26)9-19(23)24/h7-8,10-11H,9H2,1-6H3,(H,18,21). The summed E-state index contributed by atoms with van der Waals surface area (Å²) in [7, 11) is -4.11. The summed E-state index contributed by atoms with van der Waals surface area (Å²) in [5.74, 6) is -2.74. The minimum absolute atomic E-state index is 0.144. The highest BCUT2D eigenvalue weighted by molar-refractivity contribution is 7.91. The fourth-order valence-corrected chi connectivity index (χ4v) is 4.59. The van der Waals surface area contributed by atoms with Crippen LogP contribution in [0.4, 0.5) is 5.69 Å². The molecule has 0 spiro atoms. The van der Waals surface area contributed by atoms with E-state index >= 15 is 0 Å². The number of nitrogens with one attached hydrogen (secondary N) is 1. The molecular formula is C17H25N3O6S. The zero-order valence-corrected chi connectivity index (χ0v) is 17.1. The van der Waals surface area contributed by atoms with Crippen molar-refractivity contribution in [1.82, 2.24) is 4.90 Å². The molecule has 1 N–H and O–H groups in total. The van der Waals surface area contributed by atoms with Gasteiger partial charge in [0.2, 0.25) is 9.84 Å². The topological polar surface area (TPSA) is 127 Å². The average molecular weight is 399 g/mol. The molecule has 10 heteroatoms. The molecule has 0 aliphatic rings. The maximum absolute atomic E-state index is 12.4. The van der Waals surface area contributed by atoms with Gasteiger partial charge in [-0.2, -0.15) is 0 Å². The van der Waals surface area contributed by atoms with Crippen LogP contribution in [0, 0.1) is 24.0 Å². The summed E-state index contributed by atoms with van der Waals surface area (Å²) in [6, 6.07) is 2.42. The predicted molar refractivity (Wildman–Crippen MR) is 101 cm³/mol. The van der Waals surface area contributed by atoms with Gasteiger partial charge in [0.15, 0.2) is 0 Å². The van der Waals surface area contributed by atoms with Gasteiger partial charge in [0, 0.05) is 22.7 Å². The van der Waals surface area contributed by atoms with Gasteiger partial charge in [-0.15, -0.1) is 0 Å². The summed E-state index contributed by atoms with van der Waals surface area (Å²) in [6.07, 6.45) is 0. The van der Waals surface area contributed by atoms with Crippen LogP contribution in [0.5, 0.6) is 0 Å². The van der Waals surface area contributed by atoms with Crippen molar-refractivity contribution < 1.29 is 22.9 Å². The van der Waals surface area contributed by atoms with Gasteiger partial charge in [-0.1, -0.05) is 0 Å². The van der Waals surface area contributed by atoms with Gasteiger partial charge in [-0.25, -0.2) is 8.42 Å². The molecule has 0 saturated heterocycles. The number of carbonyl (C=O) groups excluding carboxylic acids is 2. The molecule has 1 rings (SSSR count). The van der Waals surface area contributed by atoms with Crippen LogP contribution in [0.2, 0.25) is 0 Å². The van der Waals surface area contributed by atoms with Gasteiger partial charge < -0.3 is 10.2 Å². The average Bonchev–Trinajstić information content (AvgIpc) is 2.43. The molecule has 0 radical (unpaired) electrons. The minimum Gasteiger partial charge on any atom is -0.330 e. The van der Waals surface area contributed by atoms with Crippen LogP contribution in [-0.4, -0.2) is 48.0 Å². The first-order valence-electron chi connectivity index (χ1n) is 8.37. The number of sulfone groups is 1. The van der Waals surface area contributed by atoms with E-state index in [-0.39, 0.29) is 33.8 Å². The number of hydrogen-bond donors (Lipinski definition) is 1. The summed E-state index contributed by atoms with van der Waals surface area (Å²) < 4.78 is 24.4. The monoisotopic (exact) mass is 399 g/mol. The van der Waals surface area contributed by atoms with Gasteiger partial charge in [0.05, 0.1) is 4.90 Å². The van der Waals surface area contributed by atoms with Crippen LogP contribution in [0.25, 0.3) is 0 Å². The van der Waals surface area contributed by atoms with Crippen LogP contribution in [0.1, 0.15) is 38.8 Å². The number of aryl methyl sites for hydroxylation is 2. The predicted octanol–water partition coefficient (Wildman–Crippen LogP) is 1.90. The van der Waals surface area contributed by atoms with Gasteiger partial charge in [0.25, 0.3) is 0 Å². The minimum atomic E-state index is -4.11. The Morgan fingerprint density at radius 3 is 1.93 bits per heavy atom. The molecule has 1 aromatic rings. The van der Waals surface area contributed by atoms with Crippen LogP contribution in [0.15, 0.2) is 17.0 Å². The summed E-state index contributed by atoms with van der Waals surface area (Å²) in [6.45, 7) is 10.2. The molecule has 0 saturated carbocycles. The van der Waals surface area contributed by atoms with Crippen molar-refractivity contribution in [2.45, 2.75) is 58.5 Å². The third-order valence-electron chi connectivity index (χ3n) is 3.85. The Bertz CT molecular complexity index is 830. The van der Waals surface area contributed by atoms with Gasteiger partial charge in [-0.3, -0.25) is 19.7 Å². The van der Waals surface area contributed by atoms with Gasteiger partial charge in [0.1, 0.15) is 0 Å². The number of nitrogens with zero attached hydrogens (tertiary/aromatic N) is 2. The number of nitro groups is 1. The third kappa shape index (κ3) is 5.49. The molecule has 150 valence electrons. The molecule has 0 fully saturated rings. The molecule has 0 aromatic heterocycles. The largest absolute Gasteiger partial charge is 0.330 e. The Kier molecular flexibility index (Phi) is 7.07. The second-order valence-corrected chi connectivity index (χ2v) is 8.77. The highest BCUT2D eigenvalue weighted by Crippen LogP contribution is 2.25. The Morgan fingerprint density at radius 1 is 1.11 bits per heavy atom. The Morgan fingerprint density at radius 2 is 1.56 bits per heavy atom. The van der Waals surface area contributed by atoms with Crippen LogP contribution < -0.4 is 5.32 Å². The first kappa shape index (κ1) is 22.6. The normalized spacial score (nSPS) is 11.6. The lowest BCUT2D eigenvalue weighted by atomic mass is 10.1. The maximum Gasteiger partial charge on any atom is 0.313 e. The van der Waals surface area contributed by atoms with E-state index in [1.807, 2.05) is 0 Å². The molecule has 0 atom stereocenters. The first-order chi connectivity index (χ1) is 12.3. The van der Waals surface area contributed by atoms with Crippen molar-refractivity contribution in [3.8, 4) is 0 Å². The lowest BCUT2D eigenvalue weighted by Gasteiger charge is -2.30. The van der Waals surface area contributed by atoms with E-state index in [9.17, 15) is 28.1 Å². The third-order valence-corrected chi connectivity index (χ3v) is 5.66. The van der Waals surface area contributed by atoms with Crippen molar-refractivity contribution >= 4 is 27.3 Å². The molecule has 0 bridgehead atoms. The summed E-state index contributed by atoms with van der Waals surface area (Å²) in [5.41, 5.74) is 0.754. The van der Waals surface area contributed by atoms with Crippen molar-refractivity contribution in [2.75, 3.05) is 11.2 Å². The summed E-state index contributed by atoms with van der Waals surface area (Å²) in [5, 5.41) is 13.1. The Hall–Kier alpha value is -2.49. The second-order valence-electron chi connectivity index (χ2n) is 6.87. The number of hydrogen-bond acceptors (Lipinski definition) is 6. The zero-order valence-electron chi connectivity index (χ0n) is 16.3. The van der Waals surface area contributed by atoms with Crippen molar-refractivity contribution in [2.24, 2.45) is 0 Å². The second kappa shape index (κ2) is 8.47. The fourth-order valence-electron chi connectivity index (χ4n) is 3.08. The van der Waals surface area contributed by atoms with E-state index in [0.29, 0.717) is 0 Å². The number of carbonyl (C=O) groups is 2. The molecule has 0 unspecified atom stereocenters. The van der Waals surface area contributed by atoms with Gasteiger partial charge >= 0.3 is 17.7 Å². The smallest absolute Gasteiger partial charge is 0.313 e. The quantitative estimate of drug-likeness (QED) is 0.442. The number of benzene rings is 1. The zero-order chi connectivity index (χ0) is 21.1. The number of anilines is 1. The van der Waals surface area contributed by atoms with Crippen molar-refractivity contribution in [1.29, 1.82) is 0 Å². The highest BCUT2D eigenvalue weighted by Gasteiger charge is 2.28. The molecule has 0 aliphatic carbocycles. The Balaban J connectivity index is 3.16. The van der Waals surface area contributed by atoms with Crippen LogP contribution in [0.3, 0.4) is 0 Å². The first-order valence-corrected chi connectivity index (χ1v) is 10.0. The molecule has 1 aromatic carbocycles. The molecule has 0 aliphatic heterocycles. The maximum atomic E-state index is 12.4. The summed E-state index contributed by atoms with van der Waals surface area (Å²) >= 11 is 0. The fraction of sp³-hybridized carbons (Fsp3) is 0.529. The lowest BCUT2D eigenvalue weighted by molar-refractivity contribution is -0.458. The SMILES string of the molecule is Cc1cc(NC(=O)C(=O)N(C(C)C)C(C)C)cc(C)c1S(=O)(=O)C[N+](=O)[O-]. The van der Waals surface area contributed by atoms with E-state index in [4.69, 9.17) is 0 Å². The molecule has 9 nitrogen and oxygen atoms in total. The van der Waals surface area contributed by atoms with E-state index in [2.05, 4.69) is 5.32 Å². The van der Waals surface area contributed by atoms with Crippen LogP contribution >= 0.6 is 0 Å². The lowest BCUT2D eigenvalue weighted by Crippen LogP contribution is -2.47. The van der Waals surface area contributed by atoms with E-state index in [1.54, 1.807) is 27.7 Å². The Labute approximate surface area is 158 Å². The highest BCUT2D eigenvalue weighted by atomic mass is 32.2. The van der Waals surface area contributed by atoms with E-state index in [1.165, 1.54) is 30.9 Å². The van der Waals surface area contributed by atoms with Crippen LogP contribution in [-0.2, 0) is 19.4 Å². The molecule has 2 amide bonds. The number of amides is 2. The van der Waals surface area contributed by atoms with E-state index < -0.39 is 32.5 Å². The summed E-state index contributed by atoms with van der Waals surface area (Å²) in [4.78, 5) is 35.7. The van der Waals surface area contributed by atoms with Crippen molar-refractivity contribution in [3.05, 3.63) is 33.4 Å². The van der Waals surface area contributed by atoms with Gasteiger partial charge in [-0.05, 0) is 64.8 Å². The van der Waals surface area contributed by atoms with E-state index in [0.717, 1.165) is 0 Å². The van der Waals surface area contributed by atoms with Crippen molar-refractivity contribution in [3.63, 3.8) is 0 Å². The molecule has 0 heterocycles. The molecular weight excluding hydrogens is 374 g/mol.